The van der Waals surface area contributed by atoms with Crippen LogP contribution in [0.5, 0.6) is 0 Å². The van der Waals surface area contributed by atoms with E-state index >= 15 is 0 Å². The van der Waals surface area contributed by atoms with E-state index in [2.05, 4.69) is 0 Å². The van der Waals surface area contributed by atoms with E-state index < -0.39 is 5.82 Å². The van der Waals surface area contributed by atoms with Gasteiger partial charge in [-0.25, -0.2) is 8.78 Å². The number of carbonyl (C=O) groups is 1. The van der Waals surface area contributed by atoms with E-state index in [9.17, 15) is 13.6 Å². The zero-order valence-electron chi connectivity index (χ0n) is 11.9. The largest absolute Gasteiger partial charge is 0.337 e. The van der Waals surface area contributed by atoms with Gasteiger partial charge < -0.3 is 10.6 Å². The lowest BCUT2D eigenvalue weighted by Crippen LogP contribution is -2.32. The lowest BCUT2D eigenvalue weighted by molar-refractivity contribution is 0.0786. The van der Waals surface area contributed by atoms with Crippen LogP contribution in [-0.4, -0.2) is 29.9 Å². The van der Waals surface area contributed by atoms with Gasteiger partial charge in [0.1, 0.15) is 11.6 Å². The van der Waals surface area contributed by atoms with Gasteiger partial charge in [-0.2, -0.15) is 0 Å². The smallest absolute Gasteiger partial charge is 0.256 e. The second kappa shape index (κ2) is 5.85. The van der Waals surface area contributed by atoms with Gasteiger partial charge in [-0.3, -0.25) is 4.79 Å². The summed E-state index contributed by atoms with van der Waals surface area (Å²) in [5.74, 6) is -1.26. The number of amides is 1. The molecule has 2 aromatic carbocycles. The second-order valence-corrected chi connectivity index (χ2v) is 5.50. The minimum atomic E-state index is -0.577. The molecular formula is C17H16F2N2O. The van der Waals surface area contributed by atoms with Crippen LogP contribution in [0.25, 0.3) is 11.1 Å². The number of likely N-dealkylation sites (tertiary alicyclic amines) is 1. The molecule has 1 amide bonds. The highest BCUT2D eigenvalue weighted by Crippen LogP contribution is 2.23. The summed E-state index contributed by atoms with van der Waals surface area (Å²) in [4.78, 5) is 13.9. The maximum absolute atomic E-state index is 14.3. The van der Waals surface area contributed by atoms with Gasteiger partial charge in [0.15, 0.2) is 0 Å². The Hall–Kier alpha value is -2.27. The van der Waals surface area contributed by atoms with Crippen LogP contribution >= 0.6 is 0 Å². The third-order valence-corrected chi connectivity index (χ3v) is 3.89. The fourth-order valence-electron chi connectivity index (χ4n) is 2.65. The minimum absolute atomic E-state index is 0.0366. The molecule has 1 aliphatic heterocycles. The van der Waals surface area contributed by atoms with Crippen molar-refractivity contribution < 1.29 is 13.6 Å². The van der Waals surface area contributed by atoms with E-state index in [1.807, 2.05) is 0 Å². The van der Waals surface area contributed by atoms with Crippen LogP contribution in [0.15, 0.2) is 42.5 Å². The van der Waals surface area contributed by atoms with Gasteiger partial charge in [-0.05, 0) is 41.8 Å². The first-order valence-corrected chi connectivity index (χ1v) is 7.15. The van der Waals surface area contributed by atoms with Crippen molar-refractivity contribution in [3.05, 3.63) is 59.7 Å². The van der Waals surface area contributed by atoms with Crippen LogP contribution in [0.2, 0.25) is 0 Å². The van der Waals surface area contributed by atoms with Crippen LogP contribution in [-0.2, 0) is 0 Å². The Labute approximate surface area is 127 Å². The first-order chi connectivity index (χ1) is 10.5. The van der Waals surface area contributed by atoms with Crippen molar-refractivity contribution in [1.82, 2.24) is 4.90 Å². The van der Waals surface area contributed by atoms with Crippen molar-refractivity contribution in [2.24, 2.45) is 5.73 Å². The molecule has 0 spiro atoms. The molecule has 2 N–H and O–H groups in total. The Morgan fingerprint density at radius 1 is 1.09 bits per heavy atom. The van der Waals surface area contributed by atoms with Gasteiger partial charge in [0.2, 0.25) is 0 Å². The van der Waals surface area contributed by atoms with Crippen molar-refractivity contribution in [2.75, 3.05) is 13.1 Å². The molecule has 5 heteroatoms. The highest BCUT2D eigenvalue weighted by Gasteiger charge is 2.26. The third-order valence-electron chi connectivity index (χ3n) is 3.89. The maximum atomic E-state index is 14.3. The molecule has 0 radical (unpaired) electrons. The molecule has 0 aliphatic carbocycles. The molecule has 2 aromatic rings. The molecule has 22 heavy (non-hydrogen) atoms. The fraction of sp³-hybridized carbons (Fsp3) is 0.235. The highest BCUT2D eigenvalue weighted by molar-refractivity contribution is 5.95. The van der Waals surface area contributed by atoms with Crippen LogP contribution in [0.1, 0.15) is 16.8 Å². The zero-order valence-corrected chi connectivity index (χ0v) is 11.9. The van der Waals surface area contributed by atoms with Crippen molar-refractivity contribution in [2.45, 2.75) is 12.5 Å². The SMILES string of the molecule is NC1CCN(C(=O)c2ccc(-c3ccc(F)cc3)cc2F)C1. The number of rotatable bonds is 2. The topological polar surface area (TPSA) is 46.3 Å². The van der Waals surface area contributed by atoms with Crippen LogP contribution in [0.3, 0.4) is 0 Å². The Kier molecular flexibility index (Phi) is 3.90. The van der Waals surface area contributed by atoms with Crippen molar-refractivity contribution >= 4 is 5.91 Å². The second-order valence-electron chi connectivity index (χ2n) is 5.50. The molecular weight excluding hydrogens is 286 g/mol. The number of carbonyl (C=O) groups excluding carboxylic acids is 1. The van der Waals surface area contributed by atoms with Gasteiger partial charge in [0.05, 0.1) is 5.56 Å². The Morgan fingerprint density at radius 3 is 2.36 bits per heavy atom. The quantitative estimate of drug-likeness (QED) is 0.927. The number of benzene rings is 2. The van der Waals surface area contributed by atoms with Gasteiger partial charge in [0, 0.05) is 19.1 Å². The lowest BCUT2D eigenvalue weighted by atomic mass is 10.0. The molecule has 0 aromatic heterocycles. The van der Waals surface area contributed by atoms with Crippen molar-refractivity contribution in [3.63, 3.8) is 0 Å². The minimum Gasteiger partial charge on any atom is -0.337 e. The number of nitrogens with zero attached hydrogens (tertiary/aromatic N) is 1. The van der Waals surface area contributed by atoms with E-state index in [4.69, 9.17) is 5.73 Å². The monoisotopic (exact) mass is 302 g/mol. The van der Waals surface area contributed by atoms with Crippen molar-refractivity contribution in [3.8, 4) is 11.1 Å². The number of hydrogen-bond acceptors (Lipinski definition) is 2. The summed E-state index contributed by atoms with van der Waals surface area (Å²) >= 11 is 0. The average Bonchev–Trinajstić information content (AvgIpc) is 2.94. The molecule has 1 heterocycles. The maximum Gasteiger partial charge on any atom is 0.256 e. The number of halogens is 2. The van der Waals surface area contributed by atoms with E-state index in [0.29, 0.717) is 24.2 Å². The molecule has 0 bridgehead atoms. The van der Waals surface area contributed by atoms with Crippen LogP contribution in [0, 0.1) is 11.6 Å². The summed E-state index contributed by atoms with van der Waals surface area (Å²) in [6.45, 7) is 1.01. The van der Waals surface area contributed by atoms with Gasteiger partial charge >= 0.3 is 0 Å². The highest BCUT2D eigenvalue weighted by atomic mass is 19.1. The normalized spacial score (nSPS) is 17.8. The molecule has 1 atom stereocenters. The summed E-state index contributed by atoms with van der Waals surface area (Å²) in [6.07, 6.45) is 0.737. The summed E-state index contributed by atoms with van der Waals surface area (Å²) < 4.78 is 27.2. The fourth-order valence-corrected chi connectivity index (χ4v) is 2.65. The van der Waals surface area contributed by atoms with E-state index in [1.54, 1.807) is 23.1 Å². The van der Waals surface area contributed by atoms with E-state index in [-0.39, 0.29) is 23.3 Å². The summed E-state index contributed by atoms with van der Waals surface area (Å²) in [5, 5.41) is 0. The predicted molar refractivity (Wildman–Crippen MR) is 80.3 cm³/mol. The average molecular weight is 302 g/mol. The molecule has 1 fully saturated rings. The molecule has 3 nitrogen and oxygen atoms in total. The van der Waals surface area contributed by atoms with Gasteiger partial charge in [-0.1, -0.05) is 18.2 Å². The lowest BCUT2D eigenvalue weighted by Gasteiger charge is -2.16. The molecule has 114 valence electrons. The predicted octanol–water partition coefficient (Wildman–Crippen LogP) is 2.81. The molecule has 3 rings (SSSR count). The molecule has 1 aliphatic rings. The number of nitrogens with two attached hydrogens (primary N) is 1. The first kappa shape index (κ1) is 14.7. The Morgan fingerprint density at radius 2 is 1.77 bits per heavy atom. The van der Waals surface area contributed by atoms with Gasteiger partial charge in [0.25, 0.3) is 5.91 Å². The molecule has 1 saturated heterocycles. The zero-order chi connectivity index (χ0) is 15.7. The van der Waals surface area contributed by atoms with Crippen LogP contribution < -0.4 is 5.73 Å². The summed E-state index contributed by atoms with van der Waals surface area (Å²) in [6, 6.07) is 10.2. The number of hydrogen-bond donors (Lipinski definition) is 1. The summed E-state index contributed by atoms with van der Waals surface area (Å²) in [5.41, 5.74) is 7.12. The molecule has 1 unspecified atom stereocenters. The van der Waals surface area contributed by atoms with E-state index in [0.717, 1.165) is 6.42 Å². The summed E-state index contributed by atoms with van der Waals surface area (Å²) in [7, 11) is 0. The van der Waals surface area contributed by atoms with Crippen LogP contribution in [0.4, 0.5) is 8.78 Å². The van der Waals surface area contributed by atoms with E-state index in [1.165, 1.54) is 24.3 Å². The first-order valence-electron chi connectivity index (χ1n) is 7.15. The Bertz CT molecular complexity index is 700. The van der Waals surface area contributed by atoms with Crippen molar-refractivity contribution in [1.29, 1.82) is 0 Å². The standard InChI is InChI=1S/C17H16F2N2O/c18-13-4-1-11(2-5-13)12-3-6-15(16(19)9-12)17(22)21-8-7-14(20)10-21/h1-6,9,14H,7-8,10,20H2. The molecule has 0 saturated carbocycles. The Balaban J connectivity index is 1.86. The van der Waals surface area contributed by atoms with Gasteiger partial charge in [-0.15, -0.1) is 0 Å². The third kappa shape index (κ3) is 2.85.